The lowest BCUT2D eigenvalue weighted by atomic mass is 9.96. The number of halogens is 3. The zero-order chi connectivity index (χ0) is 13.0. The van der Waals surface area contributed by atoms with Gasteiger partial charge >= 0.3 is 0 Å². The van der Waals surface area contributed by atoms with Crippen molar-refractivity contribution < 1.29 is 0 Å². The van der Waals surface area contributed by atoms with Crippen LogP contribution in [0.3, 0.4) is 0 Å². The molecule has 1 unspecified atom stereocenters. The number of nitrogens with two attached hydrogens (primary N) is 1. The molecular weight excluding hydrogens is 412 g/mol. The van der Waals surface area contributed by atoms with Crippen molar-refractivity contribution in [3.63, 3.8) is 0 Å². The van der Waals surface area contributed by atoms with Gasteiger partial charge in [0.05, 0.1) is 5.69 Å². The number of nitrogens with one attached hydrogen (secondary N) is 1. The van der Waals surface area contributed by atoms with E-state index < -0.39 is 0 Å². The van der Waals surface area contributed by atoms with Crippen LogP contribution in [0.2, 0.25) is 0 Å². The van der Waals surface area contributed by atoms with Crippen molar-refractivity contribution in [3.8, 4) is 0 Å². The molecule has 0 aliphatic carbocycles. The third kappa shape index (κ3) is 4.54. The summed E-state index contributed by atoms with van der Waals surface area (Å²) in [5.41, 5.74) is 6.84. The van der Waals surface area contributed by atoms with Crippen LogP contribution in [0.4, 0.5) is 5.69 Å². The largest absolute Gasteiger partial charge is 0.383 e. The number of rotatable bonds is 5. The van der Waals surface area contributed by atoms with Crippen LogP contribution in [-0.4, -0.2) is 13.1 Å². The molecule has 0 radical (unpaired) electrons. The Hall–Kier alpha value is 0.420. The van der Waals surface area contributed by atoms with Gasteiger partial charge in [0, 0.05) is 20.0 Å². The quantitative estimate of drug-likeness (QED) is 0.718. The maximum atomic E-state index is 5.77. The summed E-state index contributed by atoms with van der Waals surface area (Å²) in [4.78, 5) is 0. The van der Waals surface area contributed by atoms with Crippen LogP contribution in [-0.2, 0) is 0 Å². The van der Waals surface area contributed by atoms with Crippen LogP contribution in [0.15, 0.2) is 25.6 Å². The molecule has 0 spiro atoms. The highest BCUT2D eigenvalue weighted by Crippen LogP contribution is 2.34. The highest BCUT2D eigenvalue weighted by atomic mass is 79.9. The molecule has 0 saturated heterocycles. The minimum absolute atomic E-state index is 0.484. The van der Waals surface area contributed by atoms with E-state index in [1.807, 2.05) is 12.1 Å². The highest BCUT2D eigenvalue weighted by molar-refractivity contribution is 9.11. The summed E-state index contributed by atoms with van der Waals surface area (Å²) in [5, 5.41) is 3.45. The summed E-state index contributed by atoms with van der Waals surface area (Å²) in [6.07, 6.45) is 0. The Morgan fingerprint density at radius 2 is 1.71 bits per heavy atom. The molecule has 0 bridgehead atoms. The second kappa shape index (κ2) is 7.12. The molecule has 0 aromatic heterocycles. The van der Waals surface area contributed by atoms with Crippen molar-refractivity contribution in [2.75, 3.05) is 18.4 Å². The van der Waals surface area contributed by atoms with Crippen LogP contribution < -0.4 is 11.1 Å². The second-order valence-corrected chi connectivity index (χ2v) is 6.99. The average Bonchev–Trinajstić information content (AvgIpc) is 2.21. The zero-order valence-electron chi connectivity index (χ0n) is 9.93. The minimum Gasteiger partial charge on any atom is -0.383 e. The van der Waals surface area contributed by atoms with Gasteiger partial charge in [-0.3, -0.25) is 0 Å². The van der Waals surface area contributed by atoms with Gasteiger partial charge in [0.1, 0.15) is 0 Å². The van der Waals surface area contributed by atoms with Crippen molar-refractivity contribution in [2.24, 2.45) is 17.6 Å². The molecule has 1 atom stereocenters. The minimum atomic E-state index is 0.484. The normalized spacial score (nSPS) is 12.9. The predicted molar refractivity (Wildman–Crippen MR) is 85.4 cm³/mol. The molecule has 17 heavy (non-hydrogen) atoms. The first kappa shape index (κ1) is 15.5. The second-order valence-electron chi connectivity index (χ2n) is 4.37. The maximum absolute atomic E-state index is 5.77. The van der Waals surface area contributed by atoms with Crippen LogP contribution in [0.1, 0.15) is 13.8 Å². The van der Waals surface area contributed by atoms with Crippen molar-refractivity contribution in [3.05, 3.63) is 25.6 Å². The summed E-state index contributed by atoms with van der Waals surface area (Å²) in [6.45, 7) is 5.99. The SMILES string of the molecule is CC(C)C(CN)CNc1c(Br)cc(Br)cc1Br. The smallest absolute Gasteiger partial charge is 0.0629 e. The van der Waals surface area contributed by atoms with Crippen molar-refractivity contribution in [2.45, 2.75) is 13.8 Å². The number of hydrogen-bond acceptors (Lipinski definition) is 2. The Balaban J connectivity index is 2.75. The van der Waals surface area contributed by atoms with Crippen molar-refractivity contribution in [1.29, 1.82) is 0 Å². The molecule has 0 fully saturated rings. The van der Waals surface area contributed by atoms with Gasteiger partial charge in [-0.05, 0) is 62.4 Å². The molecule has 0 aliphatic rings. The van der Waals surface area contributed by atoms with E-state index in [0.29, 0.717) is 18.4 Å². The Kier molecular flexibility index (Phi) is 6.48. The van der Waals surface area contributed by atoms with Gasteiger partial charge in [0.25, 0.3) is 0 Å². The van der Waals surface area contributed by atoms with E-state index in [9.17, 15) is 0 Å². The third-order valence-corrected chi connectivity index (χ3v) is 4.50. The first-order valence-electron chi connectivity index (χ1n) is 5.54. The van der Waals surface area contributed by atoms with Gasteiger partial charge < -0.3 is 11.1 Å². The fraction of sp³-hybridized carbons (Fsp3) is 0.500. The van der Waals surface area contributed by atoms with Gasteiger partial charge in [-0.1, -0.05) is 29.8 Å². The lowest BCUT2D eigenvalue weighted by Gasteiger charge is -2.21. The molecule has 1 aromatic carbocycles. The average molecular weight is 429 g/mol. The Bertz CT molecular complexity index is 357. The van der Waals surface area contributed by atoms with Gasteiger partial charge in [-0.2, -0.15) is 0 Å². The summed E-state index contributed by atoms with van der Waals surface area (Å²) in [7, 11) is 0. The molecule has 1 aromatic rings. The first-order chi connectivity index (χ1) is 7.95. The van der Waals surface area contributed by atoms with Crippen LogP contribution >= 0.6 is 47.8 Å². The molecule has 0 aliphatic heterocycles. The number of hydrogen-bond donors (Lipinski definition) is 2. The van der Waals surface area contributed by atoms with E-state index in [1.54, 1.807) is 0 Å². The lowest BCUT2D eigenvalue weighted by Crippen LogP contribution is -2.27. The summed E-state index contributed by atoms with van der Waals surface area (Å²) >= 11 is 10.6. The third-order valence-electron chi connectivity index (χ3n) is 2.79. The van der Waals surface area contributed by atoms with Gasteiger partial charge in [-0.25, -0.2) is 0 Å². The number of anilines is 1. The molecule has 0 heterocycles. The van der Waals surface area contributed by atoms with Gasteiger partial charge in [0.15, 0.2) is 0 Å². The van der Waals surface area contributed by atoms with Gasteiger partial charge in [-0.15, -0.1) is 0 Å². The van der Waals surface area contributed by atoms with Crippen molar-refractivity contribution in [1.82, 2.24) is 0 Å². The van der Waals surface area contributed by atoms with E-state index in [2.05, 4.69) is 67.0 Å². The molecule has 5 heteroatoms. The fourth-order valence-corrected chi connectivity index (χ4v) is 4.07. The topological polar surface area (TPSA) is 38.0 Å². The fourth-order valence-electron chi connectivity index (χ4n) is 1.54. The summed E-state index contributed by atoms with van der Waals surface area (Å²) in [5.74, 6) is 1.07. The summed E-state index contributed by atoms with van der Waals surface area (Å²) < 4.78 is 3.12. The van der Waals surface area contributed by atoms with Crippen LogP contribution in [0.25, 0.3) is 0 Å². The predicted octanol–water partition coefficient (Wildman–Crippen LogP) is 4.62. The van der Waals surface area contributed by atoms with E-state index in [4.69, 9.17) is 5.73 Å². The van der Waals surface area contributed by atoms with Crippen LogP contribution in [0.5, 0.6) is 0 Å². The molecule has 3 N–H and O–H groups in total. The Morgan fingerprint density at radius 3 is 2.12 bits per heavy atom. The van der Waals surface area contributed by atoms with E-state index in [-0.39, 0.29) is 0 Å². The van der Waals surface area contributed by atoms with E-state index in [1.165, 1.54) is 0 Å². The molecule has 2 nitrogen and oxygen atoms in total. The maximum Gasteiger partial charge on any atom is 0.0629 e. The molecule has 1 rings (SSSR count). The van der Waals surface area contributed by atoms with Gasteiger partial charge in [0.2, 0.25) is 0 Å². The van der Waals surface area contributed by atoms with Crippen LogP contribution in [0, 0.1) is 11.8 Å². The number of benzene rings is 1. The standard InChI is InChI=1S/C12H17Br3N2/c1-7(2)8(5-16)6-17-12-10(14)3-9(13)4-11(12)15/h3-4,7-8,17H,5-6,16H2,1-2H3. The molecule has 0 amide bonds. The highest BCUT2D eigenvalue weighted by Gasteiger charge is 2.13. The van der Waals surface area contributed by atoms with E-state index >= 15 is 0 Å². The Labute approximate surface area is 128 Å². The first-order valence-corrected chi connectivity index (χ1v) is 7.92. The molecule has 0 saturated carbocycles. The van der Waals surface area contributed by atoms with Crippen molar-refractivity contribution >= 4 is 53.5 Å². The monoisotopic (exact) mass is 426 g/mol. The van der Waals surface area contributed by atoms with E-state index in [0.717, 1.165) is 25.7 Å². The Morgan fingerprint density at radius 1 is 1.18 bits per heavy atom. The molecule has 96 valence electrons. The lowest BCUT2D eigenvalue weighted by molar-refractivity contribution is 0.413. The summed E-state index contributed by atoms with van der Waals surface area (Å²) in [6, 6.07) is 4.06. The zero-order valence-corrected chi connectivity index (χ0v) is 14.7. The molecular formula is C12H17Br3N2.